The predicted octanol–water partition coefficient (Wildman–Crippen LogP) is 1.86. The molecule has 2 aromatic carbocycles. The topological polar surface area (TPSA) is 77.5 Å². The lowest BCUT2D eigenvalue weighted by Gasteiger charge is -2.28. The fraction of sp³-hybridized carbons (Fsp3) is 0.0556. The molecule has 0 aliphatic carbocycles. The average molecular weight is 403 g/mol. The molecule has 0 spiro atoms. The van der Waals surface area contributed by atoms with Crippen molar-refractivity contribution in [1.29, 1.82) is 0 Å². The Morgan fingerprint density at radius 1 is 1.12 bits per heavy atom. The van der Waals surface area contributed by atoms with Gasteiger partial charge in [-0.15, -0.1) is 0 Å². The Labute approximate surface area is 150 Å². The Bertz CT molecular complexity index is 938. The first-order chi connectivity index (χ1) is 11.9. The van der Waals surface area contributed by atoms with Crippen LogP contribution in [0.25, 0.3) is 11.6 Å². The molecule has 0 N–H and O–H groups in total. The van der Waals surface area contributed by atoms with E-state index < -0.39 is 30.1 Å². The number of nitrogens with zero attached hydrogens (tertiary/aromatic N) is 1. The Balaban J connectivity index is 2.20. The Kier molecular flexibility index (Phi) is 4.50. The maximum atomic E-state index is 14.1. The SMILES string of the molecule is O=C([O-])CN1C(=O)/C(=C\c2cc(Br)ccc2F)c2ccccc2C1=O. The van der Waals surface area contributed by atoms with Crippen LogP contribution in [0.5, 0.6) is 0 Å². The Morgan fingerprint density at radius 3 is 2.48 bits per heavy atom. The first kappa shape index (κ1) is 17.0. The summed E-state index contributed by atoms with van der Waals surface area (Å²) in [5.74, 6) is -3.65. The standard InChI is InChI=1S/C18H11BrFNO4/c19-11-5-6-15(20)10(7-11)8-14-12-3-1-2-4-13(12)17(24)21(18(14)25)9-16(22)23/h1-8H,9H2,(H,22,23)/p-1/b14-8-. The van der Waals surface area contributed by atoms with Crippen molar-refractivity contribution >= 4 is 45.4 Å². The van der Waals surface area contributed by atoms with Gasteiger partial charge < -0.3 is 9.90 Å². The summed E-state index contributed by atoms with van der Waals surface area (Å²) < 4.78 is 14.7. The molecule has 0 saturated heterocycles. The summed E-state index contributed by atoms with van der Waals surface area (Å²) in [6, 6.07) is 10.5. The predicted molar refractivity (Wildman–Crippen MR) is 89.5 cm³/mol. The second-order valence-corrected chi connectivity index (χ2v) is 6.25. The fourth-order valence-corrected chi connectivity index (χ4v) is 2.97. The third-order valence-corrected chi connectivity index (χ3v) is 4.21. The van der Waals surface area contributed by atoms with E-state index in [-0.39, 0.29) is 16.7 Å². The normalized spacial score (nSPS) is 15.4. The molecule has 0 fully saturated rings. The molecule has 2 amide bonds. The van der Waals surface area contributed by atoms with Crippen molar-refractivity contribution in [1.82, 2.24) is 4.90 Å². The Morgan fingerprint density at radius 2 is 1.80 bits per heavy atom. The number of halogens is 2. The van der Waals surface area contributed by atoms with Crippen molar-refractivity contribution in [3.63, 3.8) is 0 Å². The number of carbonyl (C=O) groups is 3. The number of hydrogen-bond acceptors (Lipinski definition) is 4. The van der Waals surface area contributed by atoms with Crippen molar-refractivity contribution in [3.8, 4) is 0 Å². The lowest BCUT2D eigenvalue weighted by molar-refractivity contribution is -0.305. The number of hydrogen-bond donors (Lipinski definition) is 0. The molecule has 0 bridgehead atoms. The minimum Gasteiger partial charge on any atom is -0.548 e. The van der Waals surface area contributed by atoms with Crippen molar-refractivity contribution in [2.45, 2.75) is 0 Å². The number of fused-ring (bicyclic) bond motifs is 1. The Hall–Kier alpha value is -2.80. The van der Waals surface area contributed by atoms with Crippen LogP contribution in [0.2, 0.25) is 0 Å². The van der Waals surface area contributed by atoms with Crippen LogP contribution in [0.3, 0.4) is 0 Å². The molecule has 2 aromatic rings. The van der Waals surface area contributed by atoms with E-state index in [0.717, 1.165) is 0 Å². The number of amides is 2. The average Bonchev–Trinajstić information content (AvgIpc) is 2.58. The van der Waals surface area contributed by atoms with Gasteiger partial charge >= 0.3 is 0 Å². The van der Waals surface area contributed by atoms with Crippen molar-refractivity contribution < 1.29 is 23.9 Å². The van der Waals surface area contributed by atoms with Gasteiger partial charge in [-0.2, -0.15) is 0 Å². The number of aliphatic carboxylic acids is 1. The van der Waals surface area contributed by atoms with Crippen molar-refractivity contribution in [2.75, 3.05) is 6.54 Å². The summed E-state index contributed by atoms with van der Waals surface area (Å²) in [5.41, 5.74) is 0.667. The van der Waals surface area contributed by atoms with Crippen molar-refractivity contribution in [2.24, 2.45) is 0 Å². The number of benzene rings is 2. The maximum absolute atomic E-state index is 14.1. The minimum absolute atomic E-state index is 0.0356. The molecule has 3 rings (SSSR count). The van der Waals surface area contributed by atoms with Gasteiger partial charge in [-0.05, 0) is 35.9 Å². The first-order valence-electron chi connectivity index (χ1n) is 7.20. The number of carboxylic acids is 1. The summed E-state index contributed by atoms with van der Waals surface area (Å²) >= 11 is 3.23. The summed E-state index contributed by atoms with van der Waals surface area (Å²) in [7, 11) is 0. The van der Waals surface area contributed by atoms with E-state index in [9.17, 15) is 23.9 Å². The third-order valence-electron chi connectivity index (χ3n) is 3.71. The number of carboxylic acid groups (broad SMARTS) is 1. The molecule has 0 radical (unpaired) electrons. The van der Waals surface area contributed by atoms with E-state index in [1.54, 1.807) is 18.2 Å². The summed E-state index contributed by atoms with van der Waals surface area (Å²) in [5, 5.41) is 10.9. The molecular formula is C18H10BrFNO4-. The summed E-state index contributed by atoms with van der Waals surface area (Å²) in [6.45, 7) is -0.871. The largest absolute Gasteiger partial charge is 0.548 e. The van der Waals surface area contributed by atoms with Crippen LogP contribution in [-0.4, -0.2) is 29.2 Å². The van der Waals surface area contributed by atoms with Crippen LogP contribution in [0.15, 0.2) is 46.9 Å². The molecule has 1 aliphatic heterocycles. The van der Waals surface area contributed by atoms with Gasteiger partial charge in [0.25, 0.3) is 11.8 Å². The van der Waals surface area contributed by atoms with E-state index in [1.807, 2.05) is 0 Å². The second-order valence-electron chi connectivity index (χ2n) is 5.34. The molecule has 1 aliphatic rings. The molecule has 25 heavy (non-hydrogen) atoms. The van der Waals surface area contributed by atoms with E-state index in [4.69, 9.17) is 0 Å². The molecule has 7 heteroatoms. The second kappa shape index (κ2) is 6.60. The molecule has 0 saturated carbocycles. The molecule has 0 aromatic heterocycles. The lowest BCUT2D eigenvalue weighted by atomic mass is 9.92. The van der Waals surface area contributed by atoms with Crippen LogP contribution >= 0.6 is 15.9 Å². The van der Waals surface area contributed by atoms with Gasteiger partial charge in [-0.1, -0.05) is 34.1 Å². The fourth-order valence-electron chi connectivity index (χ4n) is 2.60. The highest BCUT2D eigenvalue weighted by Gasteiger charge is 2.34. The first-order valence-corrected chi connectivity index (χ1v) is 8.00. The zero-order chi connectivity index (χ0) is 18.1. The smallest absolute Gasteiger partial charge is 0.261 e. The molecule has 0 unspecified atom stereocenters. The van der Waals surface area contributed by atoms with Crippen LogP contribution < -0.4 is 5.11 Å². The van der Waals surface area contributed by atoms with Gasteiger partial charge in [-0.25, -0.2) is 4.39 Å². The molecular weight excluding hydrogens is 393 g/mol. The number of rotatable bonds is 3. The highest BCUT2D eigenvalue weighted by Crippen LogP contribution is 2.31. The molecule has 0 atom stereocenters. The van der Waals surface area contributed by atoms with Crippen LogP contribution in [0.1, 0.15) is 21.5 Å². The van der Waals surface area contributed by atoms with Gasteiger partial charge in [0.05, 0.1) is 12.5 Å². The van der Waals surface area contributed by atoms with E-state index >= 15 is 0 Å². The van der Waals surface area contributed by atoms with Crippen LogP contribution in [0.4, 0.5) is 4.39 Å². The number of carbonyl (C=O) groups excluding carboxylic acids is 3. The van der Waals surface area contributed by atoms with Gasteiger partial charge in [0, 0.05) is 21.2 Å². The zero-order valence-corrected chi connectivity index (χ0v) is 14.2. The van der Waals surface area contributed by atoms with Gasteiger partial charge in [0.2, 0.25) is 0 Å². The maximum Gasteiger partial charge on any atom is 0.261 e. The molecule has 5 nitrogen and oxygen atoms in total. The lowest BCUT2D eigenvalue weighted by Crippen LogP contribution is -2.47. The van der Waals surface area contributed by atoms with E-state index in [1.165, 1.54) is 30.3 Å². The van der Waals surface area contributed by atoms with E-state index in [2.05, 4.69) is 15.9 Å². The number of imide groups is 1. The zero-order valence-electron chi connectivity index (χ0n) is 12.7. The highest BCUT2D eigenvalue weighted by atomic mass is 79.9. The van der Waals surface area contributed by atoms with Crippen LogP contribution in [-0.2, 0) is 9.59 Å². The minimum atomic E-state index is -1.56. The van der Waals surface area contributed by atoms with Gasteiger partial charge in [0.15, 0.2) is 0 Å². The monoisotopic (exact) mass is 402 g/mol. The quantitative estimate of drug-likeness (QED) is 0.579. The highest BCUT2D eigenvalue weighted by molar-refractivity contribution is 9.10. The third kappa shape index (κ3) is 3.23. The van der Waals surface area contributed by atoms with Crippen molar-refractivity contribution in [3.05, 3.63) is 69.4 Å². The summed E-state index contributed by atoms with van der Waals surface area (Å²) in [6.07, 6.45) is 1.30. The van der Waals surface area contributed by atoms with Gasteiger partial charge in [0.1, 0.15) is 5.82 Å². The van der Waals surface area contributed by atoms with E-state index in [0.29, 0.717) is 14.9 Å². The molecule has 126 valence electrons. The summed E-state index contributed by atoms with van der Waals surface area (Å²) in [4.78, 5) is 36.5. The van der Waals surface area contributed by atoms with Crippen LogP contribution in [0, 0.1) is 5.82 Å². The molecule has 1 heterocycles. The van der Waals surface area contributed by atoms with Gasteiger partial charge in [-0.3, -0.25) is 14.5 Å².